The Balaban J connectivity index is 2.25. The maximum absolute atomic E-state index is 8.93. The van der Waals surface area contributed by atoms with Crippen molar-refractivity contribution in [2.75, 3.05) is 7.11 Å². The van der Waals surface area contributed by atoms with Crippen LogP contribution < -0.4 is 0 Å². The van der Waals surface area contributed by atoms with Gasteiger partial charge in [-0.05, 0) is 19.8 Å². The van der Waals surface area contributed by atoms with Gasteiger partial charge in [0.15, 0.2) is 0 Å². The van der Waals surface area contributed by atoms with Gasteiger partial charge in [-0.3, -0.25) is 0 Å². The van der Waals surface area contributed by atoms with Crippen LogP contribution in [0.5, 0.6) is 0 Å². The van der Waals surface area contributed by atoms with Crippen LogP contribution >= 0.6 is 0 Å². The van der Waals surface area contributed by atoms with Crippen molar-refractivity contribution in [1.82, 2.24) is 0 Å². The lowest BCUT2D eigenvalue weighted by Crippen LogP contribution is -2.23. The van der Waals surface area contributed by atoms with E-state index < -0.39 is 0 Å². The molecular formula is C8H14O2. The molecule has 1 aliphatic rings. The van der Waals surface area contributed by atoms with E-state index in [1.54, 1.807) is 14.0 Å². The number of aliphatic hydroxyl groups is 1. The Morgan fingerprint density at radius 3 is 2.70 bits per heavy atom. The minimum atomic E-state index is -0.298. The summed E-state index contributed by atoms with van der Waals surface area (Å²) in [7, 11) is 1.73. The third-order valence-corrected chi connectivity index (χ3v) is 1.79. The largest absolute Gasteiger partial charge is 0.389 e. The maximum atomic E-state index is 8.93. The Morgan fingerprint density at radius 2 is 2.30 bits per heavy atom. The van der Waals surface area contributed by atoms with E-state index in [1.807, 2.05) is 6.08 Å². The van der Waals surface area contributed by atoms with Crippen molar-refractivity contribution in [3.8, 4) is 0 Å². The lowest BCUT2D eigenvalue weighted by Gasteiger charge is -2.28. The van der Waals surface area contributed by atoms with E-state index in [0.717, 1.165) is 12.8 Å². The Kier molecular flexibility index (Phi) is 2.46. The van der Waals surface area contributed by atoms with Gasteiger partial charge in [-0.25, -0.2) is 0 Å². The topological polar surface area (TPSA) is 29.5 Å². The van der Waals surface area contributed by atoms with Crippen molar-refractivity contribution in [3.05, 3.63) is 11.6 Å². The molecule has 0 aromatic rings. The van der Waals surface area contributed by atoms with Crippen LogP contribution in [0.3, 0.4) is 0 Å². The first kappa shape index (κ1) is 7.76. The molecule has 1 aliphatic carbocycles. The third kappa shape index (κ3) is 1.82. The van der Waals surface area contributed by atoms with Gasteiger partial charge in [0.1, 0.15) is 0 Å². The number of rotatable bonds is 2. The first-order chi connectivity index (χ1) is 4.72. The second-order valence-electron chi connectivity index (χ2n) is 2.83. The molecule has 1 atom stereocenters. The highest BCUT2D eigenvalue weighted by molar-refractivity contribution is 5.15. The van der Waals surface area contributed by atoms with Crippen molar-refractivity contribution in [2.45, 2.75) is 32.0 Å². The van der Waals surface area contributed by atoms with E-state index in [2.05, 4.69) is 0 Å². The molecule has 58 valence electrons. The molecule has 1 rings (SSSR count). The first-order valence-corrected chi connectivity index (χ1v) is 3.63. The van der Waals surface area contributed by atoms with Gasteiger partial charge in [0.2, 0.25) is 0 Å². The number of aliphatic hydroxyl groups excluding tert-OH is 1. The summed E-state index contributed by atoms with van der Waals surface area (Å²) in [6.07, 6.45) is 4.01. The summed E-state index contributed by atoms with van der Waals surface area (Å²) in [5, 5.41) is 8.93. The van der Waals surface area contributed by atoms with Gasteiger partial charge in [0, 0.05) is 7.11 Å². The SMILES string of the molecule is COC1CC(=CC(C)O)C1. The molecule has 0 spiro atoms. The molecule has 0 radical (unpaired) electrons. The van der Waals surface area contributed by atoms with E-state index in [-0.39, 0.29) is 6.10 Å². The molecule has 0 bridgehead atoms. The average Bonchev–Trinajstić information content (AvgIpc) is 1.76. The van der Waals surface area contributed by atoms with Crippen LogP contribution in [0, 0.1) is 0 Å². The van der Waals surface area contributed by atoms with E-state index in [4.69, 9.17) is 9.84 Å². The van der Waals surface area contributed by atoms with Gasteiger partial charge in [-0.15, -0.1) is 0 Å². The van der Waals surface area contributed by atoms with E-state index in [1.165, 1.54) is 5.57 Å². The van der Waals surface area contributed by atoms with Crippen LogP contribution in [0.15, 0.2) is 11.6 Å². The fraction of sp³-hybridized carbons (Fsp3) is 0.750. The van der Waals surface area contributed by atoms with Gasteiger partial charge in [-0.2, -0.15) is 0 Å². The second-order valence-corrected chi connectivity index (χ2v) is 2.83. The molecule has 0 aromatic carbocycles. The molecule has 0 aromatic heterocycles. The van der Waals surface area contributed by atoms with Crippen molar-refractivity contribution >= 4 is 0 Å². The Morgan fingerprint density at radius 1 is 1.70 bits per heavy atom. The highest BCUT2D eigenvalue weighted by Crippen LogP contribution is 2.28. The molecule has 2 heteroatoms. The Hall–Kier alpha value is -0.340. The normalized spacial score (nSPS) is 27.5. The Labute approximate surface area is 61.5 Å². The van der Waals surface area contributed by atoms with Gasteiger partial charge in [0.25, 0.3) is 0 Å². The third-order valence-electron chi connectivity index (χ3n) is 1.79. The number of methoxy groups -OCH3 is 1. The molecule has 1 saturated carbocycles. The highest BCUT2D eigenvalue weighted by Gasteiger charge is 2.22. The number of hydrogen-bond acceptors (Lipinski definition) is 2. The lowest BCUT2D eigenvalue weighted by atomic mass is 9.88. The smallest absolute Gasteiger partial charge is 0.0695 e. The fourth-order valence-electron chi connectivity index (χ4n) is 1.17. The average molecular weight is 142 g/mol. The summed E-state index contributed by atoms with van der Waals surface area (Å²) < 4.78 is 5.08. The minimum absolute atomic E-state index is 0.298. The molecule has 0 amide bonds. The van der Waals surface area contributed by atoms with Gasteiger partial charge in [-0.1, -0.05) is 11.6 Å². The predicted molar refractivity (Wildman–Crippen MR) is 39.8 cm³/mol. The van der Waals surface area contributed by atoms with Crippen LogP contribution in [-0.4, -0.2) is 24.4 Å². The molecular weight excluding hydrogens is 128 g/mol. The summed E-state index contributed by atoms with van der Waals surface area (Å²) in [6.45, 7) is 1.77. The molecule has 1 fully saturated rings. The quantitative estimate of drug-likeness (QED) is 0.585. The van der Waals surface area contributed by atoms with Crippen molar-refractivity contribution < 1.29 is 9.84 Å². The molecule has 0 saturated heterocycles. The molecule has 10 heavy (non-hydrogen) atoms. The lowest BCUT2D eigenvalue weighted by molar-refractivity contribution is 0.0713. The molecule has 2 nitrogen and oxygen atoms in total. The number of ether oxygens (including phenoxy) is 1. The van der Waals surface area contributed by atoms with E-state index >= 15 is 0 Å². The van der Waals surface area contributed by atoms with Gasteiger partial charge >= 0.3 is 0 Å². The zero-order valence-electron chi connectivity index (χ0n) is 6.50. The van der Waals surface area contributed by atoms with E-state index in [0.29, 0.717) is 6.10 Å². The van der Waals surface area contributed by atoms with Crippen LogP contribution in [-0.2, 0) is 4.74 Å². The summed E-state index contributed by atoms with van der Waals surface area (Å²) in [4.78, 5) is 0. The summed E-state index contributed by atoms with van der Waals surface area (Å²) in [5.74, 6) is 0. The monoisotopic (exact) mass is 142 g/mol. The molecule has 0 heterocycles. The first-order valence-electron chi connectivity index (χ1n) is 3.63. The van der Waals surface area contributed by atoms with Crippen molar-refractivity contribution in [1.29, 1.82) is 0 Å². The fourth-order valence-corrected chi connectivity index (χ4v) is 1.17. The standard InChI is InChI=1S/C8H14O2/c1-6(9)3-7-4-8(5-7)10-2/h3,6,8-9H,4-5H2,1-2H3. The zero-order chi connectivity index (χ0) is 7.56. The molecule has 0 aliphatic heterocycles. The minimum Gasteiger partial charge on any atom is -0.389 e. The van der Waals surface area contributed by atoms with Crippen LogP contribution in [0.25, 0.3) is 0 Å². The molecule has 1 N–H and O–H groups in total. The van der Waals surface area contributed by atoms with Crippen LogP contribution in [0.1, 0.15) is 19.8 Å². The summed E-state index contributed by atoms with van der Waals surface area (Å²) in [5.41, 5.74) is 1.32. The second kappa shape index (κ2) is 3.17. The Bertz CT molecular complexity index is 130. The van der Waals surface area contributed by atoms with E-state index in [9.17, 15) is 0 Å². The highest BCUT2D eigenvalue weighted by atomic mass is 16.5. The summed E-state index contributed by atoms with van der Waals surface area (Å²) >= 11 is 0. The van der Waals surface area contributed by atoms with Crippen molar-refractivity contribution in [3.63, 3.8) is 0 Å². The van der Waals surface area contributed by atoms with Crippen LogP contribution in [0.2, 0.25) is 0 Å². The van der Waals surface area contributed by atoms with Gasteiger partial charge in [0.05, 0.1) is 12.2 Å². The zero-order valence-corrected chi connectivity index (χ0v) is 6.50. The number of hydrogen-bond donors (Lipinski definition) is 1. The van der Waals surface area contributed by atoms with Gasteiger partial charge < -0.3 is 9.84 Å². The maximum Gasteiger partial charge on any atom is 0.0695 e. The summed E-state index contributed by atoms with van der Waals surface area (Å²) in [6, 6.07) is 0. The van der Waals surface area contributed by atoms with Crippen molar-refractivity contribution in [2.24, 2.45) is 0 Å². The predicted octanol–water partition coefficient (Wildman–Crippen LogP) is 1.10. The molecule has 1 unspecified atom stereocenters. The van der Waals surface area contributed by atoms with Crippen LogP contribution in [0.4, 0.5) is 0 Å².